The molecule has 3 aromatic heterocycles. The van der Waals surface area contributed by atoms with Gasteiger partial charge in [-0.2, -0.15) is 0 Å². The minimum absolute atomic E-state index is 0.00622. The van der Waals surface area contributed by atoms with E-state index in [2.05, 4.69) is 30.6 Å². The van der Waals surface area contributed by atoms with Crippen molar-refractivity contribution in [1.82, 2.24) is 25.3 Å². The lowest BCUT2D eigenvalue weighted by Crippen LogP contribution is -2.20. The highest BCUT2D eigenvalue weighted by Crippen LogP contribution is 2.28. The van der Waals surface area contributed by atoms with Gasteiger partial charge in [0.15, 0.2) is 5.82 Å². The standard InChI is InChI=1S/C24H23FN6O/c1-14-7-16(11-27-9-14)20-8-21(31-13-30-20)28-10-15(2)17-5-4-6-18-22(24(32)26-3)19(25)12-29-23(17)18/h4-9,11-13,15H,10H2,1-3H3,(H,26,32)(H,28,30,31). The molecule has 0 fully saturated rings. The van der Waals surface area contributed by atoms with Gasteiger partial charge in [0, 0.05) is 48.9 Å². The lowest BCUT2D eigenvalue weighted by molar-refractivity contribution is 0.0961. The minimum atomic E-state index is -0.640. The molecule has 0 spiro atoms. The van der Waals surface area contributed by atoms with E-state index in [4.69, 9.17) is 0 Å². The topological polar surface area (TPSA) is 92.7 Å². The Morgan fingerprint density at radius 2 is 1.97 bits per heavy atom. The first kappa shape index (κ1) is 21.3. The maximum atomic E-state index is 14.3. The SMILES string of the molecule is CNC(=O)c1c(F)cnc2c(C(C)CNc3cc(-c4cncc(C)c4)ncn3)cccc12. The van der Waals surface area contributed by atoms with Crippen molar-refractivity contribution in [3.63, 3.8) is 0 Å². The highest BCUT2D eigenvalue weighted by molar-refractivity contribution is 6.06. The molecule has 0 aliphatic rings. The number of halogens is 1. The van der Waals surface area contributed by atoms with E-state index in [1.807, 2.05) is 38.1 Å². The number of hydrogen-bond donors (Lipinski definition) is 2. The lowest BCUT2D eigenvalue weighted by Gasteiger charge is -2.17. The molecule has 3 heterocycles. The normalized spacial score (nSPS) is 11.9. The number of aryl methyl sites for hydroxylation is 1. The van der Waals surface area contributed by atoms with E-state index in [-0.39, 0.29) is 11.5 Å². The molecule has 0 saturated carbocycles. The van der Waals surface area contributed by atoms with Crippen LogP contribution in [-0.2, 0) is 0 Å². The maximum absolute atomic E-state index is 14.3. The number of nitrogens with one attached hydrogen (secondary N) is 2. The van der Waals surface area contributed by atoms with Crippen LogP contribution in [-0.4, -0.2) is 39.4 Å². The summed E-state index contributed by atoms with van der Waals surface area (Å²) in [5.74, 6) is -0.405. The van der Waals surface area contributed by atoms with Crippen molar-refractivity contribution < 1.29 is 9.18 Å². The Morgan fingerprint density at radius 3 is 2.75 bits per heavy atom. The molecule has 1 unspecified atom stereocenters. The third kappa shape index (κ3) is 4.25. The van der Waals surface area contributed by atoms with Crippen LogP contribution in [0.25, 0.3) is 22.2 Å². The van der Waals surface area contributed by atoms with Gasteiger partial charge in [0.2, 0.25) is 0 Å². The summed E-state index contributed by atoms with van der Waals surface area (Å²) in [6.45, 7) is 4.59. The Hall–Kier alpha value is -3.94. The molecule has 7 nitrogen and oxygen atoms in total. The van der Waals surface area contributed by atoms with Gasteiger partial charge in [-0.05, 0) is 24.1 Å². The van der Waals surface area contributed by atoms with Gasteiger partial charge in [0.25, 0.3) is 5.91 Å². The van der Waals surface area contributed by atoms with Crippen molar-refractivity contribution >= 4 is 22.6 Å². The maximum Gasteiger partial charge on any atom is 0.254 e. The first-order valence-electron chi connectivity index (χ1n) is 10.2. The smallest absolute Gasteiger partial charge is 0.254 e. The Morgan fingerprint density at radius 1 is 1.12 bits per heavy atom. The largest absolute Gasteiger partial charge is 0.369 e. The van der Waals surface area contributed by atoms with E-state index in [9.17, 15) is 9.18 Å². The van der Waals surface area contributed by atoms with Gasteiger partial charge in [0.1, 0.15) is 12.1 Å². The van der Waals surface area contributed by atoms with Crippen LogP contribution in [0.1, 0.15) is 34.3 Å². The van der Waals surface area contributed by atoms with Crippen LogP contribution in [0.3, 0.4) is 0 Å². The zero-order valence-electron chi connectivity index (χ0n) is 18.1. The number of pyridine rings is 2. The molecule has 0 bridgehead atoms. The predicted octanol–water partition coefficient (Wildman–Crippen LogP) is 4.11. The second kappa shape index (κ2) is 9.05. The van der Waals surface area contributed by atoms with Crippen LogP contribution in [0, 0.1) is 12.7 Å². The summed E-state index contributed by atoms with van der Waals surface area (Å²) in [4.78, 5) is 29.4. The molecule has 4 rings (SSSR count). The Kier molecular flexibility index (Phi) is 6.02. The molecular formula is C24H23FN6O. The third-order valence-corrected chi connectivity index (χ3v) is 5.29. The highest BCUT2D eigenvalue weighted by atomic mass is 19.1. The zero-order valence-corrected chi connectivity index (χ0v) is 18.1. The summed E-state index contributed by atoms with van der Waals surface area (Å²) in [6, 6.07) is 9.37. The quantitative estimate of drug-likeness (QED) is 0.478. The number of benzene rings is 1. The third-order valence-electron chi connectivity index (χ3n) is 5.29. The molecule has 32 heavy (non-hydrogen) atoms. The predicted molar refractivity (Wildman–Crippen MR) is 122 cm³/mol. The van der Waals surface area contributed by atoms with Gasteiger partial charge >= 0.3 is 0 Å². The van der Waals surface area contributed by atoms with E-state index < -0.39 is 11.7 Å². The van der Waals surface area contributed by atoms with Gasteiger partial charge in [-0.15, -0.1) is 0 Å². The Labute approximate surface area is 185 Å². The van der Waals surface area contributed by atoms with E-state index >= 15 is 0 Å². The molecule has 0 aliphatic heterocycles. The van der Waals surface area contributed by atoms with Gasteiger partial charge in [-0.3, -0.25) is 14.8 Å². The van der Waals surface area contributed by atoms with Crippen molar-refractivity contribution in [1.29, 1.82) is 0 Å². The summed E-state index contributed by atoms with van der Waals surface area (Å²) in [5, 5.41) is 6.32. The number of aromatic nitrogens is 4. The van der Waals surface area contributed by atoms with E-state index in [0.29, 0.717) is 23.3 Å². The number of amides is 1. The number of para-hydroxylation sites is 1. The number of rotatable bonds is 6. The van der Waals surface area contributed by atoms with E-state index in [0.717, 1.165) is 28.6 Å². The van der Waals surface area contributed by atoms with Gasteiger partial charge in [-0.1, -0.05) is 25.1 Å². The summed E-state index contributed by atoms with van der Waals surface area (Å²) in [5.41, 5.74) is 4.29. The molecule has 8 heteroatoms. The number of anilines is 1. The fourth-order valence-corrected chi connectivity index (χ4v) is 3.65. The average molecular weight is 430 g/mol. The summed E-state index contributed by atoms with van der Waals surface area (Å²) < 4.78 is 14.3. The highest BCUT2D eigenvalue weighted by Gasteiger charge is 2.19. The number of fused-ring (bicyclic) bond motifs is 1. The monoisotopic (exact) mass is 430 g/mol. The van der Waals surface area contributed by atoms with Gasteiger partial charge < -0.3 is 10.6 Å². The molecule has 0 saturated heterocycles. The van der Waals surface area contributed by atoms with Crippen molar-refractivity contribution in [3.05, 3.63) is 77.8 Å². The fourth-order valence-electron chi connectivity index (χ4n) is 3.65. The van der Waals surface area contributed by atoms with Crippen LogP contribution < -0.4 is 10.6 Å². The number of nitrogens with zero attached hydrogens (tertiary/aromatic N) is 4. The van der Waals surface area contributed by atoms with Crippen LogP contribution >= 0.6 is 0 Å². The van der Waals surface area contributed by atoms with Crippen molar-refractivity contribution in [3.8, 4) is 11.3 Å². The second-order valence-electron chi connectivity index (χ2n) is 7.63. The van der Waals surface area contributed by atoms with E-state index in [1.165, 1.54) is 13.4 Å². The van der Waals surface area contributed by atoms with E-state index in [1.54, 1.807) is 18.5 Å². The summed E-state index contributed by atoms with van der Waals surface area (Å²) in [6.07, 6.45) is 6.18. The number of carbonyl (C=O) groups excluding carboxylic acids is 1. The van der Waals surface area contributed by atoms with Crippen LogP contribution in [0.5, 0.6) is 0 Å². The number of carbonyl (C=O) groups is 1. The minimum Gasteiger partial charge on any atom is -0.369 e. The molecule has 1 aromatic carbocycles. The van der Waals surface area contributed by atoms with Crippen molar-refractivity contribution in [2.45, 2.75) is 19.8 Å². The van der Waals surface area contributed by atoms with Gasteiger partial charge in [-0.25, -0.2) is 14.4 Å². The van der Waals surface area contributed by atoms with Crippen molar-refractivity contribution in [2.24, 2.45) is 0 Å². The molecule has 1 amide bonds. The molecule has 0 radical (unpaired) electrons. The first-order chi connectivity index (χ1) is 15.5. The lowest BCUT2D eigenvalue weighted by atomic mass is 9.96. The Balaban J connectivity index is 1.58. The first-order valence-corrected chi connectivity index (χ1v) is 10.2. The molecular weight excluding hydrogens is 407 g/mol. The molecule has 0 aliphatic carbocycles. The second-order valence-corrected chi connectivity index (χ2v) is 7.63. The summed E-state index contributed by atoms with van der Waals surface area (Å²) >= 11 is 0. The average Bonchev–Trinajstić information content (AvgIpc) is 2.81. The van der Waals surface area contributed by atoms with Crippen LogP contribution in [0.15, 0.2) is 55.2 Å². The molecule has 162 valence electrons. The van der Waals surface area contributed by atoms with Gasteiger partial charge in [0.05, 0.1) is 23.0 Å². The van der Waals surface area contributed by atoms with Crippen LogP contribution in [0.4, 0.5) is 10.2 Å². The molecule has 2 N–H and O–H groups in total. The number of hydrogen-bond acceptors (Lipinski definition) is 6. The Bertz CT molecular complexity index is 1290. The zero-order chi connectivity index (χ0) is 22.7. The van der Waals surface area contributed by atoms with Crippen LogP contribution in [0.2, 0.25) is 0 Å². The molecule has 1 atom stereocenters. The van der Waals surface area contributed by atoms with Crippen molar-refractivity contribution in [2.75, 3.05) is 18.9 Å². The molecule has 4 aromatic rings. The fraction of sp³-hybridized carbons (Fsp3) is 0.208. The summed E-state index contributed by atoms with van der Waals surface area (Å²) in [7, 11) is 1.48.